The van der Waals surface area contributed by atoms with Crippen molar-refractivity contribution in [1.29, 1.82) is 0 Å². The van der Waals surface area contributed by atoms with E-state index in [4.69, 9.17) is 4.74 Å². The summed E-state index contributed by atoms with van der Waals surface area (Å²) in [5.41, 5.74) is 0.388. The molecule has 0 unspecified atom stereocenters. The van der Waals surface area contributed by atoms with Crippen LogP contribution in [-0.4, -0.2) is 29.8 Å². The van der Waals surface area contributed by atoms with Gasteiger partial charge in [0.05, 0.1) is 13.5 Å². The molecule has 1 aromatic carbocycles. The van der Waals surface area contributed by atoms with Gasteiger partial charge in [0, 0.05) is 18.2 Å². The van der Waals surface area contributed by atoms with Crippen LogP contribution in [0.25, 0.3) is 0 Å². The molecule has 0 radical (unpaired) electrons. The third kappa shape index (κ3) is 6.24. The smallest absolute Gasteiger partial charge is 0.224 e. The zero-order valence-electron chi connectivity index (χ0n) is 13.5. The summed E-state index contributed by atoms with van der Waals surface area (Å²) >= 11 is 0. The molecule has 0 spiro atoms. The van der Waals surface area contributed by atoms with Gasteiger partial charge in [-0.2, -0.15) is 0 Å². The van der Waals surface area contributed by atoms with Gasteiger partial charge in [-0.3, -0.25) is 4.79 Å². The SMILES string of the molecule is CCCCCCCCNC(=O)Cc1cc(O)c(OC)cc1O. The van der Waals surface area contributed by atoms with Crippen LogP contribution in [0.1, 0.15) is 51.0 Å². The molecular weight excluding hydrogens is 282 g/mol. The van der Waals surface area contributed by atoms with Crippen LogP contribution in [0.2, 0.25) is 0 Å². The number of rotatable bonds is 10. The van der Waals surface area contributed by atoms with E-state index in [0.717, 1.165) is 12.8 Å². The molecule has 1 rings (SSSR count). The summed E-state index contributed by atoms with van der Waals surface area (Å²) < 4.78 is 4.89. The van der Waals surface area contributed by atoms with Gasteiger partial charge in [-0.15, -0.1) is 0 Å². The largest absolute Gasteiger partial charge is 0.508 e. The van der Waals surface area contributed by atoms with Gasteiger partial charge in [0.2, 0.25) is 5.91 Å². The summed E-state index contributed by atoms with van der Waals surface area (Å²) in [6, 6.07) is 2.67. The van der Waals surface area contributed by atoms with E-state index in [0.29, 0.717) is 12.1 Å². The number of carbonyl (C=O) groups excluding carboxylic acids is 1. The minimum Gasteiger partial charge on any atom is -0.508 e. The van der Waals surface area contributed by atoms with Crippen molar-refractivity contribution < 1.29 is 19.7 Å². The second-order valence-electron chi connectivity index (χ2n) is 5.45. The van der Waals surface area contributed by atoms with Gasteiger partial charge in [-0.05, 0) is 12.5 Å². The first kappa shape index (κ1) is 18.1. The summed E-state index contributed by atoms with van der Waals surface area (Å²) in [6.45, 7) is 2.83. The normalized spacial score (nSPS) is 10.5. The third-order valence-corrected chi connectivity index (χ3v) is 3.58. The van der Waals surface area contributed by atoms with Crippen molar-refractivity contribution in [2.45, 2.75) is 51.9 Å². The van der Waals surface area contributed by atoms with Gasteiger partial charge in [-0.25, -0.2) is 0 Å². The lowest BCUT2D eigenvalue weighted by Crippen LogP contribution is -2.26. The molecule has 1 amide bonds. The Balaban J connectivity index is 2.32. The highest BCUT2D eigenvalue weighted by Gasteiger charge is 2.12. The molecule has 5 heteroatoms. The van der Waals surface area contributed by atoms with Crippen LogP contribution < -0.4 is 10.1 Å². The van der Waals surface area contributed by atoms with Crippen LogP contribution in [0.4, 0.5) is 0 Å². The number of hydrogen-bond acceptors (Lipinski definition) is 4. The molecule has 124 valence electrons. The van der Waals surface area contributed by atoms with Crippen LogP contribution >= 0.6 is 0 Å². The molecule has 0 fully saturated rings. The number of methoxy groups -OCH3 is 1. The Hall–Kier alpha value is -1.91. The molecule has 0 saturated heterocycles. The first-order chi connectivity index (χ1) is 10.6. The highest BCUT2D eigenvalue weighted by atomic mass is 16.5. The fourth-order valence-corrected chi connectivity index (χ4v) is 2.27. The van der Waals surface area contributed by atoms with Crippen molar-refractivity contribution in [2.75, 3.05) is 13.7 Å². The fourth-order valence-electron chi connectivity index (χ4n) is 2.27. The quantitative estimate of drug-likeness (QED) is 0.458. The predicted octanol–water partition coefficient (Wildman–Crippen LogP) is 3.13. The first-order valence-corrected chi connectivity index (χ1v) is 7.94. The van der Waals surface area contributed by atoms with E-state index in [1.165, 1.54) is 44.9 Å². The lowest BCUT2D eigenvalue weighted by molar-refractivity contribution is -0.120. The van der Waals surface area contributed by atoms with E-state index in [1.54, 1.807) is 0 Å². The lowest BCUT2D eigenvalue weighted by Gasteiger charge is -2.09. The average molecular weight is 309 g/mol. The van der Waals surface area contributed by atoms with Gasteiger partial charge in [0.15, 0.2) is 11.5 Å². The van der Waals surface area contributed by atoms with E-state index in [1.807, 2.05) is 0 Å². The summed E-state index contributed by atoms with van der Waals surface area (Å²) in [4.78, 5) is 11.8. The van der Waals surface area contributed by atoms with Crippen LogP contribution in [0.15, 0.2) is 12.1 Å². The number of phenols is 2. The number of aromatic hydroxyl groups is 2. The Morgan fingerprint density at radius 3 is 2.45 bits per heavy atom. The molecule has 0 heterocycles. The molecule has 3 N–H and O–H groups in total. The average Bonchev–Trinajstić information content (AvgIpc) is 2.49. The third-order valence-electron chi connectivity index (χ3n) is 3.58. The van der Waals surface area contributed by atoms with E-state index < -0.39 is 0 Å². The Morgan fingerprint density at radius 1 is 1.09 bits per heavy atom. The predicted molar refractivity (Wildman–Crippen MR) is 86.4 cm³/mol. The minimum absolute atomic E-state index is 0.0409. The number of nitrogens with one attached hydrogen (secondary N) is 1. The van der Waals surface area contributed by atoms with Crippen LogP contribution in [0.5, 0.6) is 17.2 Å². The lowest BCUT2D eigenvalue weighted by atomic mass is 10.1. The first-order valence-electron chi connectivity index (χ1n) is 7.94. The fraction of sp³-hybridized carbons (Fsp3) is 0.588. The highest BCUT2D eigenvalue weighted by Crippen LogP contribution is 2.33. The minimum atomic E-state index is -0.159. The van der Waals surface area contributed by atoms with Crippen molar-refractivity contribution in [1.82, 2.24) is 5.32 Å². The van der Waals surface area contributed by atoms with E-state index in [2.05, 4.69) is 12.2 Å². The van der Waals surface area contributed by atoms with Gasteiger partial charge in [0.25, 0.3) is 0 Å². The number of unbranched alkanes of at least 4 members (excludes halogenated alkanes) is 5. The van der Waals surface area contributed by atoms with Gasteiger partial charge < -0.3 is 20.3 Å². The zero-order valence-corrected chi connectivity index (χ0v) is 13.5. The summed E-state index contributed by atoms with van der Waals surface area (Å²) in [5, 5.41) is 22.3. The molecule has 22 heavy (non-hydrogen) atoms. The molecule has 0 saturated carbocycles. The van der Waals surface area contributed by atoms with E-state index in [-0.39, 0.29) is 29.6 Å². The maximum atomic E-state index is 11.8. The van der Waals surface area contributed by atoms with Gasteiger partial charge in [0.1, 0.15) is 5.75 Å². The maximum absolute atomic E-state index is 11.8. The number of phenolic OH excluding ortho intramolecular Hbond substituents is 2. The Bertz CT molecular complexity index is 474. The summed E-state index contributed by atoms with van der Waals surface area (Å²) in [6.07, 6.45) is 7.09. The molecule has 0 aliphatic carbocycles. The van der Waals surface area contributed by atoms with Crippen molar-refractivity contribution in [2.24, 2.45) is 0 Å². The molecule has 1 aromatic rings. The van der Waals surface area contributed by atoms with Crippen LogP contribution in [0.3, 0.4) is 0 Å². The van der Waals surface area contributed by atoms with Crippen molar-refractivity contribution in [3.8, 4) is 17.2 Å². The maximum Gasteiger partial charge on any atom is 0.224 e. The zero-order chi connectivity index (χ0) is 16.4. The highest BCUT2D eigenvalue weighted by molar-refractivity contribution is 5.79. The molecule has 0 aliphatic rings. The summed E-state index contributed by atoms with van der Waals surface area (Å²) in [5.74, 6) is -0.106. The number of ether oxygens (including phenoxy) is 1. The number of carbonyl (C=O) groups is 1. The van der Waals surface area contributed by atoms with E-state index in [9.17, 15) is 15.0 Å². The Morgan fingerprint density at radius 2 is 1.77 bits per heavy atom. The van der Waals surface area contributed by atoms with Crippen LogP contribution in [-0.2, 0) is 11.2 Å². The molecule has 0 atom stereocenters. The second-order valence-corrected chi connectivity index (χ2v) is 5.45. The van der Waals surface area contributed by atoms with E-state index >= 15 is 0 Å². The monoisotopic (exact) mass is 309 g/mol. The molecule has 0 bridgehead atoms. The summed E-state index contributed by atoms with van der Waals surface area (Å²) in [7, 11) is 1.40. The number of amides is 1. The van der Waals surface area contributed by atoms with Crippen molar-refractivity contribution >= 4 is 5.91 Å². The van der Waals surface area contributed by atoms with Crippen molar-refractivity contribution in [3.05, 3.63) is 17.7 Å². The molecular formula is C17H27NO4. The van der Waals surface area contributed by atoms with Gasteiger partial charge >= 0.3 is 0 Å². The topological polar surface area (TPSA) is 78.8 Å². The van der Waals surface area contributed by atoms with Gasteiger partial charge in [-0.1, -0.05) is 39.0 Å². The standard InChI is InChI=1S/C17H27NO4/c1-3-4-5-6-7-8-9-18-17(21)11-13-10-15(20)16(22-2)12-14(13)19/h10,12,19-20H,3-9,11H2,1-2H3,(H,18,21). The Labute approximate surface area is 132 Å². The second kappa shape index (κ2) is 9.92. The number of hydrogen-bond donors (Lipinski definition) is 3. The van der Waals surface area contributed by atoms with Crippen molar-refractivity contribution in [3.63, 3.8) is 0 Å². The molecule has 0 aromatic heterocycles. The molecule has 0 aliphatic heterocycles. The molecule has 5 nitrogen and oxygen atoms in total. The van der Waals surface area contributed by atoms with Crippen LogP contribution in [0, 0.1) is 0 Å². The number of benzene rings is 1. The Kier molecular flexibility index (Phi) is 8.18.